The van der Waals surface area contributed by atoms with Gasteiger partial charge in [-0.3, -0.25) is 0 Å². The molecule has 0 bridgehead atoms. The zero-order chi connectivity index (χ0) is 20.1. The lowest BCUT2D eigenvalue weighted by Crippen LogP contribution is -2.02. The Bertz CT molecular complexity index is 382. The van der Waals surface area contributed by atoms with Crippen LogP contribution >= 0.6 is 0 Å². The minimum Gasteiger partial charge on any atom is -0.330 e. The van der Waals surface area contributed by atoms with Crippen molar-refractivity contribution < 1.29 is 8.42 Å². The summed E-state index contributed by atoms with van der Waals surface area (Å²) in [4.78, 5) is 0. The Morgan fingerprint density at radius 2 is 0.667 bits per heavy atom. The average molecular weight is 404 g/mol. The molecule has 0 rings (SSSR count). The molecule has 0 unspecified atom stereocenters. The average Bonchev–Trinajstić information content (AvgIpc) is 2.62. The van der Waals surface area contributed by atoms with E-state index in [1.807, 2.05) is 0 Å². The Balaban J connectivity index is 3.03. The fourth-order valence-corrected chi connectivity index (χ4v) is 4.42. The molecule has 0 amide bonds. The summed E-state index contributed by atoms with van der Waals surface area (Å²) in [6.07, 6.45) is 27.9. The highest BCUT2D eigenvalue weighted by molar-refractivity contribution is 7.90. The lowest BCUT2D eigenvalue weighted by molar-refractivity contribution is 0.522. The van der Waals surface area contributed by atoms with Gasteiger partial charge in [0.25, 0.3) is 0 Å². The van der Waals surface area contributed by atoms with Crippen LogP contribution in [0.3, 0.4) is 0 Å². The third-order valence-electron chi connectivity index (χ3n) is 5.47. The molecule has 4 heteroatoms. The van der Waals surface area contributed by atoms with Crippen LogP contribution in [0.5, 0.6) is 0 Å². The summed E-state index contributed by atoms with van der Waals surface area (Å²) in [7, 11) is -2.75. The zero-order valence-corrected chi connectivity index (χ0v) is 19.2. The second-order valence-electron chi connectivity index (χ2n) is 8.49. The van der Waals surface area contributed by atoms with E-state index in [4.69, 9.17) is 5.73 Å². The van der Waals surface area contributed by atoms with Gasteiger partial charge in [-0.05, 0) is 19.4 Å². The molecule has 0 heterocycles. The molecule has 0 saturated heterocycles. The quantitative estimate of drug-likeness (QED) is 0.202. The number of unbranched alkanes of at least 4 members (excludes halogenated alkanes) is 19. The van der Waals surface area contributed by atoms with Crippen molar-refractivity contribution in [2.45, 2.75) is 128 Å². The van der Waals surface area contributed by atoms with Gasteiger partial charge < -0.3 is 5.73 Å². The SMILES string of the molecule is CS(=O)(=O)CCCCCCCCCCCCCCCCCCCCCCN. The lowest BCUT2D eigenvalue weighted by atomic mass is 10.0. The van der Waals surface area contributed by atoms with Crippen molar-refractivity contribution in [2.75, 3.05) is 18.6 Å². The number of hydrogen-bond acceptors (Lipinski definition) is 3. The molecule has 0 aromatic rings. The topological polar surface area (TPSA) is 60.2 Å². The van der Waals surface area contributed by atoms with E-state index >= 15 is 0 Å². The first kappa shape index (κ1) is 26.9. The van der Waals surface area contributed by atoms with Gasteiger partial charge in [0.15, 0.2) is 0 Å². The van der Waals surface area contributed by atoms with Gasteiger partial charge in [-0.25, -0.2) is 8.42 Å². The highest BCUT2D eigenvalue weighted by Crippen LogP contribution is 2.14. The molecule has 0 aliphatic rings. The summed E-state index contributed by atoms with van der Waals surface area (Å²) in [5.41, 5.74) is 5.50. The first-order valence-corrected chi connectivity index (χ1v) is 14.0. The highest BCUT2D eigenvalue weighted by atomic mass is 32.2. The maximum Gasteiger partial charge on any atom is 0.147 e. The molecular weight excluding hydrogens is 354 g/mol. The molecule has 0 fully saturated rings. The molecule has 2 N–H and O–H groups in total. The van der Waals surface area contributed by atoms with E-state index in [0.717, 1.165) is 19.4 Å². The van der Waals surface area contributed by atoms with Crippen LogP contribution in [0.4, 0.5) is 0 Å². The van der Waals surface area contributed by atoms with Crippen LogP contribution in [-0.2, 0) is 9.84 Å². The first-order chi connectivity index (χ1) is 13.1. The number of rotatable bonds is 22. The molecule has 0 radical (unpaired) electrons. The van der Waals surface area contributed by atoms with Crippen LogP contribution in [0.2, 0.25) is 0 Å². The van der Waals surface area contributed by atoms with Gasteiger partial charge in [0.05, 0.1) is 0 Å². The fraction of sp³-hybridized carbons (Fsp3) is 1.00. The minimum atomic E-state index is -2.75. The normalized spacial score (nSPS) is 11.9. The number of sulfone groups is 1. The van der Waals surface area contributed by atoms with Crippen LogP contribution in [-0.4, -0.2) is 27.0 Å². The summed E-state index contributed by atoms with van der Waals surface area (Å²) in [6.45, 7) is 0.856. The molecule has 0 saturated carbocycles. The summed E-state index contributed by atoms with van der Waals surface area (Å²) in [5.74, 6) is 0.363. The predicted molar refractivity (Wildman–Crippen MR) is 121 cm³/mol. The summed E-state index contributed by atoms with van der Waals surface area (Å²) < 4.78 is 22.1. The van der Waals surface area contributed by atoms with E-state index in [0.29, 0.717) is 5.75 Å². The Morgan fingerprint density at radius 3 is 0.889 bits per heavy atom. The van der Waals surface area contributed by atoms with E-state index in [1.165, 1.54) is 122 Å². The molecule has 164 valence electrons. The molecule has 0 atom stereocenters. The van der Waals surface area contributed by atoms with Gasteiger partial charge in [0, 0.05) is 12.0 Å². The molecule has 0 spiro atoms. The molecule has 0 aliphatic carbocycles. The smallest absolute Gasteiger partial charge is 0.147 e. The Hall–Kier alpha value is -0.0900. The first-order valence-electron chi connectivity index (χ1n) is 11.9. The summed E-state index contributed by atoms with van der Waals surface area (Å²) >= 11 is 0. The Labute approximate surface area is 171 Å². The van der Waals surface area contributed by atoms with E-state index < -0.39 is 9.84 Å². The predicted octanol–water partition coefficient (Wildman–Crippen LogP) is 6.79. The number of nitrogens with two attached hydrogens (primary N) is 1. The van der Waals surface area contributed by atoms with Crippen LogP contribution in [0.25, 0.3) is 0 Å². The Morgan fingerprint density at radius 1 is 0.444 bits per heavy atom. The maximum atomic E-state index is 11.0. The van der Waals surface area contributed by atoms with Gasteiger partial charge in [-0.1, -0.05) is 116 Å². The van der Waals surface area contributed by atoms with Gasteiger partial charge in [-0.15, -0.1) is 0 Å². The van der Waals surface area contributed by atoms with Crippen molar-refractivity contribution in [3.8, 4) is 0 Å². The molecule has 0 aromatic heterocycles. The van der Waals surface area contributed by atoms with E-state index in [9.17, 15) is 8.42 Å². The molecule has 0 aromatic carbocycles. The fourth-order valence-electron chi connectivity index (χ4n) is 3.69. The third kappa shape index (κ3) is 25.9. The Kier molecular flexibility index (Phi) is 20.6. The lowest BCUT2D eigenvalue weighted by Gasteiger charge is -2.04. The largest absolute Gasteiger partial charge is 0.330 e. The maximum absolute atomic E-state index is 11.0. The summed E-state index contributed by atoms with van der Waals surface area (Å²) in [6, 6.07) is 0. The van der Waals surface area contributed by atoms with Gasteiger partial charge >= 0.3 is 0 Å². The van der Waals surface area contributed by atoms with Crippen molar-refractivity contribution in [1.82, 2.24) is 0 Å². The van der Waals surface area contributed by atoms with Crippen LogP contribution < -0.4 is 5.73 Å². The standard InChI is InChI=1S/C23H49NO2S/c1-27(25,26)23-21-19-17-15-13-11-9-7-5-3-2-4-6-8-10-12-14-16-18-20-22-24/h2-24H2,1H3. The zero-order valence-electron chi connectivity index (χ0n) is 18.4. The molecule has 0 aliphatic heterocycles. The minimum absolute atomic E-state index is 0.363. The van der Waals surface area contributed by atoms with Crippen LogP contribution in [0.1, 0.15) is 128 Å². The third-order valence-corrected chi connectivity index (χ3v) is 6.50. The van der Waals surface area contributed by atoms with Gasteiger partial charge in [0.2, 0.25) is 0 Å². The number of hydrogen-bond donors (Lipinski definition) is 1. The monoisotopic (exact) mass is 403 g/mol. The van der Waals surface area contributed by atoms with Crippen molar-refractivity contribution in [2.24, 2.45) is 5.73 Å². The van der Waals surface area contributed by atoms with E-state index in [2.05, 4.69) is 0 Å². The van der Waals surface area contributed by atoms with E-state index in [1.54, 1.807) is 0 Å². The van der Waals surface area contributed by atoms with Crippen LogP contribution in [0.15, 0.2) is 0 Å². The van der Waals surface area contributed by atoms with Crippen molar-refractivity contribution >= 4 is 9.84 Å². The summed E-state index contributed by atoms with van der Waals surface area (Å²) in [5, 5.41) is 0. The molecular formula is C23H49NO2S. The van der Waals surface area contributed by atoms with Gasteiger partial charge in [-0.2, -0.15) is 0 Å². The van der Waals surface area contributed by atoms with E-state index in [-0.39, 0.29) is 0 Å². The van der Waals surface area contributed by atoms with Crippen molar-refractivity contribution in [3.63, 3.8) is 0 Å². The second-order valence-corrected chi connectivity index (χ2v) is 10.7. The van der Waals surface area contributed by atoms with Crippen LogP contribution in [0, 0.1) is 0 Å². The molecule has 27 heavy (non-hydrogen) atoms. The molecule has 3 nitrogen and oxygen atoms in total. The van der Waals surface area contributed by atoms with Crippen molar-refractivity contribution in [1.29, 1.82) is 0 Å². The van der Waals surface area contributed by atoms with Gasteiger partial charge in [0.1, 0.15) is 9.84 Å². The highest BCUT2D eigenvalue weighted by Gasteiger charge is 2.00. The second kappa shape index (κ2) is 20.6. The van der Waals surface area contributed by atoms with Crippen molar-refractivity contribution in [3.05, 3.63) is 0 Å².